The highest BCUT2D eigenvalue weighted by Crippen LogP contribution is 2.65. The van der Waals surface area contributed by atoms with E-state index < -0.39 is 5.97 Å². The SMILES string of the molecule is O=C(COC(=O)c1ccc(N2C(=O)[C@H]3[C@@H]4C=C[C@@H]([C@H]5C[C@H]45)[C@@H]3C2=O)cc1)c1ccc(Br)cc1. The molecule has 7 heteroatoms. The number of imide groups is 1. The van der Waals surface area contributed by atoms with E-state index in [0.717, 1.165) is 10.9 Å². The van der Waals surface area contributed by atoms with Crippen LogP contribution in [0.2, 0.25) is 0 Å². The van der Waals surface area contributed by atoms with Crippen LogP contribution in [0, 0.1) is 35.5 Å². The number of carbonyl (C=O) groups is 4. The summed E-state index contributed by atoms with van der Waals surface area (Å²) in [6.45, 7) is -0.368. The predicted octanol–water partition coefficient (Wildman–Crippen LogP) is 4.05. The summed E-state index contributed by atoms with van der Waals surface area (Å²) in [5.74, 6) is -0.281. The van der Waals surface area contributed by atoms with Crippen LogP contribution in [0.25, 0.3) is 0 Å². The molecular weight excluding hydrogens is 486 g/mol. The van der Waals surface area contributed by atoms with Crippen LogP contribution in [-0.4, -0.2) is 30.2 Å². The summed E-state index contributed by atoms with van der Waals surface area (Å²) in [7, 11) is 0. The number of Topliss-reactive ketones (excluding diaryl/α,β-unsaturated/α-hetero) is 1. The van der Waals surface area contributed by atoms with Crippen molar-refractivity contribution in [3.63, 3.8) is 0 Å². The summed E-state index contributed by atoms with van der Waals surface area (Å²) in [4.78, 5) is 52.3. The molecule has 0 N–H and O–H groups in total. The van der Waals surface area contributed by atoms with Gasteiger partial charge in [0, 0.05) is 10.0 Å². The van der Waals surface area contributed by atoms with E-state index >= 15 is 0 Å². The Kier molecular flexibility index (Phi) is 4.66. The zero-order valence-corrected chi connectivity index (χ0v) is 19.1. The van der Waals surface area contributed by atoms with E-state index in [1.165, 1.54) is 17.0 Å². The van der Waals surface area contributed by atoms with E-state index in [1.54, 1.807) is 36.4 Å². The summed E-state index contributed by atoms with van der Waals surface area (Å²) in [5.41, 5.74) is 1.17. The molecule has 7 rings (SSSR count). The molecule has 2 saturated carbocycles. The first kappa shape index (κ1) is 20.5. The Morgan fingerprint density at radius 3 is 1.97 bits per heavy atom. The number of hydrogen-bond donors (Lipinski definition) is 0. The van der Waals surface area contributed by atoms with E-state index in [-0.39, 0.29) is 53.4 Å². The number of ether oxygens (including phenoxy) is 1. The molecule has 1 aliphatic heterocycles. The largest absolute Gasteiger partial charge is 0.454 e. The first-order chi connectivity index (χ1) is 15.9. The Bertz CT molecular complexity index is 1180. The number of nitrogens with zero attached hydrogens (tertiary/aromatic N) is 1. The summed E-state index contributed by atoms with van der Waals surface area (Å²) >= 11 is 3.31. The number of hydrogen-bond acceptors (Lipinski definition) is 5. The number of carbonyl (C=O) groups excluding carboxylic acids is 4. The summed E-state index contributed by atoms with van der Waals surface area (Å²) in [6, 6.07) is 13.0. The average Bonchev–Trinajstić information content (AvgIpc) is 3.61. The van der Waals surface area contributed by atoms with Crippen molar-refractivity contribution in [3.05, 3.63) is 76.3 Å². The second-order valence-corrected chi connectivity index (χ2v) is 10.1. The molecule has 166 valence electrons. The minimum absolute atomic E-state index is 0.134. The van der Waals surface area contributed by atoms with Crippen LogP contribution in [0.1, 0.15) is 27.1 Å². The van der Waals surface area contributed by atoms with Gasteiger partial charge in [-0.2, -0.15) is 0 Å². The third-order valence-corrected chi connectivity index (χ3v) is 8.05. The van der Waals surface area contributed by atoms with Gasteiger partial charge in [-0.3, -0.25) is 19.3 Å². The van der Waals surface area contributed by atoms with Gasteiger partial charge in [0.2, 0.25) is 11.8 Å². The van der Waals surface area contributed by atoms with Crippen molar-refractivity contribution in [2.24, 2.45) is 35.5 Å². The lowest BCUT2D eigenvalue weighted by molar-refractivity contribution is -0.124. The molecule has 0 unspecified atom stereocenters. The van der Waals surface area contributed by atoms with E-state index in [2.05, 4.69) is 28.1 Å². The standard InChI is InChI=1S/C26H20BrNO5/c27-15-5-1-13(2-6-15)21(29)12-33-26(32)14-3-7-16(8-4-14)28-24(30)22-17-9-10-18(20-11-19(17)20)23(22)25(28)31/h1-10,17-20,22-23H,11-12H2/t17-,18+,19-,20-,22+,23+/m1/s1. The van der Waals surface area contributed by atoms with Gasteiger partial charge in [-0.05, 0) is 66.5 Å². The second kappa shape index (κ2) is 7.48. The maximum absolute atomic E-state index is 13.2. The van der Waals surface area contributed by atoms with Crippen molar-refractivity contribution in [3.8, 4) is 0 Å². The van der Waals surface area contributed by atoms with Gasteiger partial charge in [0.15, 0.2) is 12.4 Å². The first-order valence-electron chi connectivity index (χ1n) is 11.1. The van der Waals surface area contributed by atoms with E-state index in [1.807, 2.05) is 0 Å². The highest BCUT2D eigenvalue weighted by molar-refractivity contribution is 9.10. The number of amides is 2. The van der Waals surface area contributed by atoms with Crippen molar-refractivity contribution >= 4 is 45.2 Å². The number of ketones is 1. The Labute approximate surface area is 198 Å². The molecule has 2 aromatic rings. The number of allylic oxidation sites excluding steroid dienone is 2. The van der Waals surface area contributed by atoms with Gasteiger partial charge < -0.3 is 4.74 Å². The highest BCUT2D eigenvalue weighted by Gasteiger charge is 2.67. The van der Waals surface area contributed by atoms with Crippen LogP contribution in [-0.2, 0) is 14.3 Å². The van der Waals surface area contributed by atoms with Gasteiger partial charge in [-0.25, -0.2) is 4.79 Å². The van der Waals surface area contributed by atoms with Crippen molar-refractivity contribution in [1.82, 2.24) is 0 Å². The molecule has 4 aliphatic carbocycles. The third-order valence-electron chi connectivity index (χ3n) is 7.52. The lowest BCUT2D eigenvalue weighted by atomic mass is 9.63. The molecule has 5 aliphatic rings. The fraction of sp³-hybridized carbons (Fsp3) is 0.308. The van der Waals surface area contributed by atoms with Crippen LogP contribution < -0.4 is 4.90 Å². The van der Waals surface area contributed by atoms with Gasteiger partial charge in [-0.1, -0.05) is 40.2 Å². The molecular formula is C26H20BrNO5. The molecule has 33 heavy (non-hydrogen) atoms. The van der Waals surface area contributed by atoms with Crippen molar-refractivity contribution < 1.29 is 23.9 Å². The second-order valence-electron chi connectivity index (χ2n) is 9.22. The van der Waals surface area contributed by atoms with Gasteiger partial charge in [-0.15, -0.1) is 0 Å². The minimum Gasteiger partial charge on any atom is -0.454 e. The molecule has 2 bridgehead atoms. The van der Waals surface area contributed by atoms with Crippen LogP contribution >= 0.6 is 15.9 Å². The number of esters is 1. The Morgan fingerprint density at radius 2 is 1.39 bits per heavy atom. The van der Waals surface area contributed by atoms with Crippen molar-refractivity contribution in [2.45, 2.75) is 6.42 Å². The molecule has 2 aromatic carbocycles. The molecule has 6 atom stereocenters. The van der Waals surface area contributed by atoms with Crippen LogP contribution in [0.15, 0.2) is 65.2 Å². The zero-order valence-electron chi connectivity index (χ0n) is 17.5. The summed E-state index contributed by atoms with van der Waals surface area (Å²) in [6.07, 6.45) is 5.41. The normalized spacial score (nSPS) is 30.8. The van der Waals surface area contributed by atoms with Crippen molar-refractivity contribution in [1.29, 1.82) is 0 Å². The topological polar surface area (TPSA) is 80.8 Å². The van der Waals surface area contributed by atoms with E-state index in [9.17, 15) is 19.2 Å². The Morgan fingerprint density at radius 1 is 0.848 bits per heavy atom. The van der Waals surface area contributed by atoms with Gasteiger partial charge >= 0.3 is 5.97 Å². The maximum Gasteiger partial charge on any atom is 0.338 e. The summed E-state index contributed by atoms with van der Waals surface area (Å²) < 4.78 is 6.01. The molecule has 0 radical (unpaired) electrons. The monoisotopic (exact) mass is 505 g/mol. The predicted molar refractivity (Wildman–Crippen MR) is 122 cm³/mol. The fourth-order valence-electron chi connectivity index (χ4n) is 5.89. The van der Waals surface area contributed by atoms with Gasteiger partial charge in [0.25, 0.3) is 0 Å². The molecule has 0 spiro atoms. The zero-order chi connectivity index (χ0) is 22.9. The molecule has 1 saturated heterocycles. The Balaban J connectivity index is 1.14. The van der Waals surface area contributed by atoms with Crippen LogP contribution in [0.5, 0.6) is 0 Å². The quantitative estimate of drug-likeness (QED) is 0.265. The van der Waals surface area contributed by atoms with Crippen LogP contribution in [0.3, 0.4) is 0 Å². The first-order valence-corrected chi connectivity index (χ1v) is 11.9. The number of rotatable bonds is 5. The molecule has 3 fully saturated rings. The fourth-order valence-corrected chi connectivity index (χ4v) is 6.16. The average molecular weight is 506 g/mol. The number of anilines is 1. The lowest BCUT2D eigenvalue weighted by Gasteiger charge is -2.37. The molecule has 6 nitrogen and oxygen atoms in total. The maximum atomic E-state index is 13.2. The minimum atomic E-state index is -0.637. The highest BCUT2D eigenvalue weighted by atomic mass is 79.9. The summed E-state index contributed by atoms with van der Waals surface area (Å²) in [5, 5.41) is 0. The van der Waals surface area contributed by atoms with Crippen molar-refractivity contribution in [2.75, 3.05) is 11.5 Å². The van der Waals surface area contributed by atoms with Crippen LogP contribution in [0.4, 0.5) is 5.69 Å². The molecule has 2 amide bonds. The third kappa shape index (κ3) is 3.21. The van der Waals surface area contributed by atoms with Gasteiger partial charge in [0.1, 0.15) is 0 Å². The lowest BCUT2D eigenvalue weighted by Crippen LogP contribution is -2.40. The number of halogens is 1. The van der Waals surface area contributed by atoms with E-state index in [4.69, 9.17) is 4.74 Å². The van der Waals surface area contributed by atoms with E-state index in [0.29, 0.717) is 23.1 Å². The van der Waals surface area contributed by atoms with Gasteiger partial charge in [0.05, 0.1) is 23.1 Å². The molecule has 0 aromatic heterocycles. The Hall–Kier alpha value is -3.06. The number of benzene rings is 2. The smallest absolute Gasteiger partial charge is 0.338 e. The molecule has 1 heterocycles.